The van der Waals surface area contributed by atoms with Gasteiger partial charge in [0.1, 0.15) is 6.29 Å². The van der Waals surface area contributed by atoms with Crippen LogP contribution in [-0.4, -0.2) is 66.7 Å². The van der Waals surface area contributed by atoms with Crippen LogP contribution in [0.3, 0.4) is 0 Å². The first-order chi connectivity index (χ1) is 14.5. The Morgan fingerprint density at radius 1 is 1.10 bits per heavy atom. The number of guanidine groups is 1. The molecule has 3 fully saturated rings. The average Bonchev–Trinajstić information content (AvgIpc) is 3.29. The van der Waals surface area contributed by atoms with Crippen LogP contribution in [0.1, 0.15) is 57.8 Å². The number of amides is 2. The van der Waals surface area contributed by atoms with Gasteiger partial charge in [0.05, 0.1) is 18.1 Å². The molecule has 9 heteroatoms. The van der Waals surface area contributed by atoms with Gasteiger partial charge in [-0.05, 0) is 63.5 Å². The van der Waals surface area contributed by atoms with Gasteiger partial charge in [0.2, 0.25) is 11.8 Å². The summed E-state index contributed by atoms with van der Waals surface area (Å²) in [6.45, 7) is 1.97. The third kappa shape index (κ3) is 5.57. The normalized spacial score (nSPS) is 29.5. The summed E-state index contributed by atoms with van der Waals surface area (Å²) in [5.74, 6) is 0.439. The Morgan fingerprint density at radius 3 is 2.50 bits per heavy atom. The fourth-order valence-electron chi connectivity index (χ4n) is 5.19. The molecule has 0 unspecified atom stereocenters. The SMILES string of the molecule is N=C(N)NCCC[C@@H](C=O)N(C(=O)[C@@H]1CCCN1)C(=O)[C@H]1C[C@@H]2CCCC[C@@H]2CN1. The molecule has 9 nitrogen and oxygen atoms in total. The Morgan fingerprint density at radius 2 is 1.83 bits per heavy atom. The topological polar surface area (TPSA) is 140 Å². The van der Waals surface area contributed by atoms with Crippen molar-refractivity contribution in [3.05, 3.63) is 0 Å². The molecule has 30 heavy (non-hydrogen) atoms. The zero-order valence-corrected chi connectivity index (χ0v) is 17.7. The lowest BCUT2D eigenvalue weighted by Gasteiger charge is -2.41. The molecule has 0 bridgehead atoms. The molecule has 5 atom stereocenters. The van der Waals surface area contributed by atoms with Crippen LogP contribution in [0.2, 0.25) is 0 Å². The minimum atomic E-state index is -0.799. The molecule has 2 amide bonds. The van der Waals surface area contributed by atoms with E-state index in [0.29, 0.717) is 43.9 Å². The minimum absolute atomic E-state index is 0.134. The second-order valence-corrected chi connectivity index (χ2v) is 8.88. The summed E-state index contributed by atoms with van der Waals surface area (Å²) in [6, 6.07) is -1.61. The number of nitrogens with one attached hydrogen (secondary N) is 4. The maximum absolute atomic E-state index is 13.5. The van der Waals surface area contributed by atoms with Crippen molar-refractivity contribution in [2.45, 2.75) is 75.9 Å². The highest BCUT2D eigenvalue weighted by atomic mass is 16.2. The predicted molar refractivity (Wildman–Crippen MR) is 114 cm³/mol. The monoisotopic (exact) mass is 420 g/mol. The molecule has 1 saturated carbocycles. The van der Waals surface area contributed by atoms with Crippen LogP contribution in [0.25, 0.3) is 0 Å². The van der Waals surface area contributed by atoms with Crippen LogP contribution in [0, 0.1) is 17.2 Å². The number of hydrogen-bond acceptors (Lipinski definition) is 6. The van der Waals surface area contributed by atoms with Gasteiger partial charge in [-0.25, -0.2) is 0 Å². The summed E-state index contributed by atoms with van der Waals surface area (Å²) in [6.07, 6.45) is 8.70. The number of piperidine rings is 1. The summed E-state index contributed by atoms with van der Waals surface area (Å²) < 4.78 is 0. The molecular formula is C21H36N6O3. The third-order valence-corrected chi connectivity index (χ3v) is 6.84. The first-order valence-electron chi connectivity index (χ1n) is 11.4. The number of imide groups is 1. The molecule has 2 heterocycles. The predicted octanol–water partition coefficient (Wildman–Crippen LogP) is 0.0927. The Hall–Kier alpha value is -2.00. The van der Waals surface area contributed by atoms with E-state index in [2.05, 4.69) is 16.0 Å². The number of rotatable bonds is 8. The van der Waals surface area contributed by atoms with Gasteiger partial charge in [0.15, 0.2) is 5.96 Å². The molecule has 0 radical (unpaired) electrons. The van der Waals surface area contributed by atoms with E-state index in [9.17, 15) is 14.4 Å². The van der Waals surface area contributed by atoms with Crippen LogP contribution in [0.15, 0.2) is 0 Å². The first-order valence-corrected chi connectivity index (χ1v) is 11.4. The van der Waals surface area contributed by atoms with E-state index in [4.69, 9.17) is 11.1 Å². The Kier molecular flexibility index (Phi) is 8.21. The Labute approximate surface area is 178 Å². The van der Waals surface area contributed by atoms with Crippen molar-refractivity contribution in [2.24, 2.45) is 17.6 Å². The second-order valence-electron chi connectivity index (χ2n) is 8.88. The van der Waals surface area contributed by atoms with Crippen LogP contribution < -0.4 is 21.7 Å². The minimum Gasteiger partial charge on any atom is -0.370 e. The summed E-state index contributed by atoms with van der Waals surface area (Å²) in [7, 11) is 0. The quantitative estimate of drug-likeness (QED) is 0.123. The van der Waals surface area contributed by atoms with Gasteiger partial charge < -0.3 is 26.5 Å². The van der Waals surface area contributed by atoms with E-state index >= 15 is 0 Å². The van der Waals surface area contributed by atoms with Gasteiger partial charge in [-0.15, -0.1) is 0 Å². The van der Waals surface area contributed by atoms with Crippen molar-refractivity contribution < 1.29 is 14.4 Å². The fourth-order valence-corrected chi connectivity index (χ4v) is 5.19. The fraction of sp³-hybridized carbons (Fsp3) is 0.810. The second kappa shape index (κ2) is 10.9. The van der Waals surface area contributed by atoms with Crippen molar-refractivity contribution in [1.29, 1.82) is 5.41 Å². The number of hydrogen-bond donors (Lipinski definition) is 5. The molecule has 1 aliphatic carbocycles. The van der Waals surface area contributed by atoms with E-state index in [1.807, 2.05) is 0 Å². The molecule has 0 aromatic rings. The molecule has 0 aromatic heterocycles. The highest BCUT2D eigenvalue weighted by molar-refractivity contribution is 6.02. The number of aldehydes is 1. The Bertz CT molecular complexity index is 636. The highest BCUT2D eigenvalue weighted by Crippen LogP contribution is 2.36. The molecule has 0 aromatic carbocycles. The van der Waals surface area contributed by atoms with Gasteiger partial charge in [-0.3, -0.25) is 19.9 Å². The summed E-state index contributed by atoms with van der Waals surface area (Å²) in [4.78, 5) is 39.9. The molecular weight excluding hydrogens is 384 g/mol. The van der Waals surface area contributed by atoms with Crippen molar-refractivity contribution in [3.8, 4) is 0 Å². The molecule has 2 saturated heterocycles. The van der Waals surface area contributed by atoms with Gasteiger partial charge >= 0.3 is 0 Å². The summed E-state index contributed by atoms with van der Waals surface area (Å²) >= 11 is 0. The summed E-state index contributed by atoms with van der Waals surface area (Å²) in [5, 5.41) is 16.5. The largest absolute Gasteiger partial charge is 0.370 e. The van der Waals surface area contributed by atoms with Crippen molar-refractivity contribution in [3.63, 3.8) is 0 Å². The number of nitrogens with two attached hydrogens (primary N) is 1. The van der Waals surface area contributed by atoms with Crippen LogP contribution in [0.5, 0.6) is 0 Å². The lowest BCUT2D eigenvalue weighted by Crippen LogP contribution is -2.60. The molecule has 168 valence electrons. The molecule has 0 spiro atoms. The smallest absolute Gasteiger partial charge is 0.247 e. The van der Waals surface area contributed by atoms with Crippen molar-refractivity contribution >= 4 is 24.1 Å². The summed E-state index contributed by atoms with van der Waals surface area (Å²) in [5.41, 5.74) is 5.30. The number of fused-ring (bicyclic) bond motifs is 1. The number of carbonyl (C=O) groups excluding carboxylic acids is 3. The van der Waals surface area contributed by atoms with E-state index in [-0.39, 0.29) is 17.8 Å². The van der Waals surface area contributed by atoms with Gasteiger partial charge in [0, 0.05) is 6.54 Å². The van der Waals surface area contributed by atoms with Gasteiger partial charge in [-0.1, -0.05) is 19.3 Å². The van der Waals surface area contributed by atoms with E-state index in [1.165, 1.54) is 24.2 Å². The van der Waals surface area contributed by atoms with E-state index in [1.54, 1.807) is 0 Å². The maximum atomic E-state index is 13.5. The van der Waals surface area contributed by atoms with Crippen molar-refractivity contribution in [2.75, 3.05) is 19.6 Å². The number of carbonyl (C=O) groups is 3. The van der Waals surface area contributed by atoms with E-state index in [0.717, 1.165) is 32.4 Å². The van der Waals surface area contributed by atoms with Crippen LogP contribution in [0.4, 0.5) is 0 Å². The Balaban J connectivity index is 1.70. The average molecular weight is 421 g/mol. The standard InChI is InChI=1S/C21H36N6O3/c22-21(23)25-10-3-7-16(13-28)27(19(29)17-8-4-9-24-17)20(30)18-11-14-5-1-2-6-15(14)12-26-18/h13-18,24,26H,1-12H2,(H4,22,23,25)/t14-,15+,16-,17-,18+/m0/s1. The van der Waals surface area contributed by atoms with Gasteiger partial charge in [0.25, 0.3) is 0 Å². The zero-order chi connectivity index (χ0) is 21.5. The molecule has 3 rings (SSSR count). The molecule has 3 aliphatic rings. The zero-order valence-electron chi connectivity index (χ0n) is 17.7. The molecule has 6 N–H and O–H groups in total. The lowest BCUT2D eigenvalue weighted by molar-refractivity contribution is -0.153. The van der Waals surface area contributed by atoms with Crippen LogP contribution >= 0.6 is 0 Å². The lowest BCUT2D eigenvalue weighted by atomic mass is 9.73. The maximum Gasteiger partial charge on any atom is 0.247 e. The van der Waals surface area contributed by atoms with E-state index < -0.39 is 18.1 Å². The molecule has 2 aliphatic heterocycles. The van der Waals surface area contributed by atoms with Crippen LogP contribution in [-0.2, 0) is 14.4 Å². The third-order valence-electron chi connectivity index (χ3n) is 6.84. The highest BCUT2D eigenvalue weighted by Gasteiger charge is 2.41. The van der Waals surface area contributed by atoms with Crippen molar-refractivity contribution in [1.82, 2.24) is 20.9 Å². The van der Waals surface area contributed by atoms with Gasteiger partial charge in [-0.2, -0.15) is 0 Å². The first kappa shape index (κ1) is 22.7. The number of nitrogens with zero attached hydrogens (tertiary/aromatic N) is 1.